The van der Waals surface area contributed by atoms with E-state index in [0.29, 0.717) is 6.61 Å². The van der Waals surface area contributed by atoms with Gasteiger partial charge in [-0.05, 0) is 65.2 Å². The van der Waals surface area contributed by atoms with Crippen molar-refractivity contribution >= 4 is 33.2 Å². The lowest BCUT2D eigenvalue weighted by Gasteiger charge is -2.11. The van der Waals surface area contributed by atoms with E-state index < -0.39 is 0 Å². The van der Waals surface area contributed by atoms with Gasteiger partial charge in [-0.2, -0.15) is 0 Å². The van der Waals surface area contributed by atoms with Gasteiger partial charge in [-0.25, -0.2) is 0 Å². The van der Waals surface area contributed by atoms with Crippen LogP contribution in [0.4, 0.5) is 5.69 Å². The molecule has 1 N–H and O–H groups in total. The van der Waals surface area contributed by atoms with Crippen molar-refractivity contribution in [2.75, 3.05) is 11.9 Å². The number of hydrogen-bond donors (Lipinski definition) is 1. The summed E-state index contributed by atoms with van der Waals surface area (Å²) in [7, 11) is 0. The summed E-state index contributed by atoms with van der Waals surface area (Å²) in [5, 5.41) is 4.14. The molecule has 0 fully saturated rings. The van der Waals surface area contributed by atoms with E-state index in [1.165, 1.54) is 5.56 Å². The van der Waals surface area contributed by atoms with Crippen molar-refractivity contribution in [2.45, 2.75) is 20.4 Å². The molecule has 0 amide bonds. The van der Waals surface area contributed by atoms with Crippen LogP contribution in [0.5, 0.6) is 5.75 Å². The van der Waals surface area contributed by atoms with Crippen LogP contribution in [0.2, 0.25) is 5.02 Å². The fourth-order valence-corrected chi connectivity index (χ4v) is 2.61. The molecular weight excluding hydrogens is 338 g/mol. The number of halogens is 2. The van der Waals surface area contributed by atoms with E-state index in [1.54, 1.807) is 0 Å². The van der Waals surface area contributed by atoms with Gasteiger partial charge in [-0.3, -0.25) is 0 Å². The van der Waals surface area contributed by atoms with Crippen molar-refractivity contribution < 1.29 is 4.74 Å². The summed E-state index contributed by atoms with van der Waals surface area (Å²) >= 11 is 9.69. The first-order chi connectivity index (χ1) is 9.60. The van der Waals surface area contributed by atoms with Crippen LogP contribution in [-0.4, -0.2) is 6.61 Å². The number of aryl methyl sites for hydroxylation is 1. The largest absolute Gasteiger partial charge is 0.494 e. The lowest BCUT2D eigenvalue weighted by atomic mass is 10.2. The van der Waals surface area contributed by atoms with Gasteiger partial charge >= 0.3 is 0 Å². The zero-order valence-electron chi connectivity index (χ0n) is 11.5. The summed E-state index contributed by atoms with van der Waals surface area (Å²) in [5.41, 5.74) is 3.25. The molecule has 0 saturated heterocycles. The van der Waals surface area contributed by atoms with Gasteiger partial charge in [-0.15, -0.1) is 0 Å². The lowest BCUT2D eigenvalue weighted by molar-refractivity contribution is 0.340. The Balaban J connectivity index is 2.03. The molecule has 0 aromatic heterocycles. The van der Waals surface area contributed by atoms with Crippen LogP contribution >= 0.6 is 27.5 Å². The first-order valence-electron chi connectivity index (χ1n) is 6.51. The Labute approximate surface area is 133 Å². The van der Waals surface area contributed by atoms with E-state index >= 15 is 0 Å². The number of benzene rings is 2. The third-order valence-corrected chi connectivity index (χ3v) is 4.03. The first-order valence-corrected chi connectivity index (χ1v) is 7.68. The quantitative estimate of drug-likeness (QED) is 0.774. The normalized spacial score (nSPS) is 10.4. The fraction of sp³-hybridized carbons (Fsp3) is 0.250. The average Bonchev–Trinajstić information content (AvgIpc) is 2.43. The molecule has 2 aromatic rings. The minimum atomic E-state index is 0.687. The second kappa shape index (κ2) is 7.00. The second-order valence-corrected chi connectivity index (χ2v) is 5.77. The number of ether oxygens (including phenoxy) is 1. The predicted molar refractivity (Wildman–Crippen MR) is 88.8 cm³/mol. The fourth-order valence-electron chi connectivity index (χ4n) is 1.85. The molecule has 0 atom stereocenters. The Morgan fingerprint density at radius 3 is 2.55 bits per heavy atom. The van der Waals surface area contributed by atoms with Crippen molar-refractivity contribution in [3.05, 3.63) is 57.0 Å². The number of rotatable bonds is 5. The molecule has 2 rings (SSSR count). The summed E-state index contributed by atoms with van der Waals surface area (Å²) in [6.07, 6.45) is 0. The number of hydrogen-bond acceptors (Lipinski definition) is 2. The SMILES string of the molecule is CCOc1ccc(CNc2cc(Cl)c(C)cc2Br)cc1. The molecule has 0 radical (unpaired) electrons. The molecule has 0 aliphatic rings. The van der Waals surface area contributed by atoms with E-state index in [9.17, 15) is 0 Å². The van der Waals surface area contributed by atoms with Crippen LogP contribution in [0, 0.1) is 6.92 Å². The van der Waals surface area contributed by atoms with E-state index in [-0.39, 0.29) is 0 Å². The van der Waals surface area contributed by atoms with Crippen molar-refractivity contribution in [3.8, 4) is 5.75 Å². The van der Waals surface area contributed by atoms with Crippen molar-refractivity contribution in [3.63, 3.8) is 0 Å². The molecule has 0 aliphatic heterocycles. The van der Waals surface area contributed by atoms with Gasteiger partial charge < -0.3 is 10.1 Å². The minimum absolute atomic E-state index is 0.687. The second-order valence-electron chi connectivity index (χ2n) is 4.51. The molecule has 0 saturated carbocycles. The van der Waals surface area contributed by atoms with Crippen LogP contribution < -0.4 is 10.1 Å². The Morgan fingerprint density at radius 1 is 1.20 bits per heavy atom. The van der Waals surface area contributed by atoms with Gasteiger partial charge in [0.15, 0.2) is 0 Å². The van der Waals surface area contributed by atoms with E-state index in [2.05, 4.69) is 33.4 Å². The van der Waals surface area contributed by atoms with Crippen LogP contribution in [-0.2, 0) is 6.54 Å². The van der Waals surface area contributed by atoms with Gasteiger partial charge in [0.05, 0.1) is 12.3 Å². The maximum atomic E-state index is 6.15. The molecule has 106 valence electrons. The van der Waals surface area contributed by atoms with Gasteiger partial charge in [0.25, 0.3) is 0 Å². The predicted octanol–water partition coefficient (Wildman–Crippen LogP) is 5.42. The third-order valence-electron chi connectivity index (χ3n) is 2.97. The van der Waals surface area contributed by atoms with Crippen LogP contribution in [0.3, 0.4) is 0 Å². The van der Waals surface area contributed by atoms with Crippen LogP contribution in [0.15, 0.2) is 40.9 Å². The summed E-state index contributed by atoms with van der Waals surface area (Å²) in [6.45, 7) is 5.40. The van der Waals surface area contributed by atoms with E-state index in [1.807, 2.05) is 38.1 Å². The Hall–Kier alpha value is -1.19. The highest BCUT2D eigenvalue weighted by Gasteiger charge is 2.04. The maximum Gasteiger partial charge on any atom is 0.119 e. The van der Waals surface area contributed by atoms with Gasteiger partial charge in [0, 0.05) is 16.0 Å². The summed E-state index contributed by atoms with van der Waals surface area (Å²) in [4.78, 5) is 0. The molecule has 0 bridgehead atoms. The molecule has 0 unspecified atom stereocenters. The number of anilines is 1. The highest BCUT2D eigenvalue weighted by molar-refractivity contribution is 9.10. The molecular formula is C16H17BrClNO. The smallest absolute Gasteiger partial charge is 0.119 e. The molecule has 0 heterocycles. The van der Waals surface area contributed by atoms with E-state index in [0.717, 1.165) is 33.0 Å². The Morgan fingerprint density at radius 2 is 1.90 bits per heavy atom. The monoisotopic (exact) mass is 353 g/mol. The summed E-state index contributed by atoms with van der Waals surface area (Å²) < 4.78 is 6.45. The topological polar surface area (TPSA) is 21.3 Å². The van der Waals surface area contributed by atoms with Crippen molar-refractivity contribution in [2.24, 2.45) is 0 Å². The van der Waals surface area contributed by atoms with Crippen LogP contribution in [0.1, 0.15) is 18.1 Å². The van der Waals surface area contributed by atoms with Gasteiger partial charge in [-0.1, -0.05) is 23.7 Å². The minimum Gasteiger partial charge on any atom is -0.494 e. The highest BCUT2D eigenvalue weighted by atomic mass is 79.9. The zero-order chi connectivity index (χ0) is 14.5. The Bertz CT molecular complexity index is 584. The maximum absolute atomic E-state index is 6.15. The molecule has 0 spiro atoms. The number of nitrogens with one attached hydrogen (secondary N) is 1. The lowest BCUT2D eigenvalue weighted by Crippen LogP contribution is -2.00. The molecule has 20 heavy (non-hydrogen) atoms. The van der Waals surface area contributed by atoms with Crippen molar-refractivity contribution in [1.82, 2.24) is 0 Å². The standard InChI is InChI=1S/C16H17BrClNO/c1-3-20-13-6-4-12(5-7-13)10-19-16-9-15(18)11(2)8-14(16)17/h4-9,19H,3,10H2,1-2H3. The Kier molecular flexibility index (Phi) is 5.32. The molecule has 2 aromatic carbocycles. The van der Waals surface area contributed by atoms with Gasteiger partial charge in [0.1, 0.15) is 5.75 Å². The molecule has 4 heteroatoms. The summed E-state index contributed by atoms with van der Waals surface area (Å²) in [5.74, 6) is 0.899. The van der Waals surface area contributed by atoms with E-state index in [4.69, 9.17) is 16.3 Å². The van der Waals surface area contributed by atoms with Crippen LogP contribution in [0.25, 0.3) is 0 Å². The molecule has 0 aliphatic carbocycles. The van der Waals surface area contributed by atoms with Gasteiger partial charge in [0.2, 0.25) is 0 Å². The van der Waals surface area contributed by atoms with Crippen molar-refractivity contribution in [1.29, 1.82) is 0 Å². The first kappa shape index (κ1) is 15.2. The average molecular weight is 355 g/mol. The highest BCUT2D eigenvalue weighted by Crippen LogP contribution is 2.29. The molecule has 2 nitrogen and oxygen atoms in total. The third kappa shape index (κ3) is 3.90. The summed E-state index contributed by atoms with van der Waals surface area (Å²) in [6, 6.07) is 12.0. The zero-order valence-corrected chi connectivity index (χ0v) is 13.9.